The molecule has 0 unspecified atom stereocenters. The minimum atomic E-state index is -0.324. The summed E-state index contributed by atoms with van der Waals surface area (Å²) in [7, 11) is 0. The van der Waals surface area contributed by atoms with E-state index >= 15 is 0 Å². The Bertz CT molecular complexity index is 604. The molecule has 5 nitrogen and oxygen atoms in total. The van der Waals surface area contributed by atoms with Crippen molar-refractivity contribution in [1.29, 1.82) is 0 Å². The van der Waals surface area contributed by atoms with E-state index in [4.69, 9.17) is 5.73 Å². The average molecular weight is 347 g/mol. The van der Waals surface area contributed by atoms with E-state index in [0.717, 1.165) is 58.4 Å². The van der Waals surface area contributed by atoms with Gasteiger partial charge in [-0.25, -0.2) is 4.39 Å². The van der Waals surface area contributed by atoms with E-state index < -0.39 is 0 Å². The highest BCUT2D eigenvalue weighted by Crippen LogP contribution is 2.23. The number of halogens is 1. The Hall–Kier alpha value is -1.95. The van der Waals surface area contributed by atoms with Gasteiger partial charge in [-0.1, -0.05) is 0 Å². The molecule has 2 aliphatic rings. The van der Waals surface area contributed by atoms with E-state index in [1.165, 1.54) is 12.1 Å². The number of likely N-dealkylation sites (tertiary alicyclic amines) is 2. The van der Waals surface area contributed by atoms with Gasteiger partial charge in [0, 0.05) is 31.1 Å². The van der Waals surface area contributed by atoms with Crippen molar-refractivity contribution in [3.8, 4) is 0 Å². The van der Waals surface area contributed by atoms with Crippen LogP contribution in [0.1, 0.15) is 36.0 Å². The second-order valence-electron chi connectivity index (χ2n) is 7.22. The predicted molar refractivity (Wildman–Crippen MR) is 93.4 cm³/mol. The molecule has 6 heteroatoms. The molecule has 1 aromatic rings. The van der Waals surface area contributed by atoms with Gasteiger partial charge in [0.15, 0.2) is 0 Å². The number of rotatable bonds is 4. The van der Waals surface area contributed by atoms with Gasteiger partial charge >= 0.3 is 0 Å². The maximum atomic E-state index is 13.0. The van der Waals surface area contributed by atoms with Crippen LogP contribution < -0.4 is 5.73 Å². The van der Waals surface area contributed by atoms with Gasteiger partial charge < -0.3 is 15.5 Å². The summed E-state index contributed by atoms with van der Waals surface area (Å²) in [4.78, 5) is 28.0. The number of nitrogens with two attached hydrogens (primary N) is 1. The Kier molecular flexibility index (Phi) is 5.68. The Morgan fingerprint density at radius 1 is 1.00 bits per heavy atom. The minimum absolute atomic E-state index is 0.0132. The van der Waals surface area contributed by atoms with Crippen molar-refractivity contribution in [1.82, 2.24) is 9.80 Å². The molecule has 0 aliphatic carbocycles. The summed E-state index contributed by atoms with van der Waals surface area (Å²) in [5.41, 5.74) is 5.93. The van der Waals surface area contributed by atoms with Crippen LogP contribution in [0.4, 0.5) is 4.39 Å². The molecule has 3 rings (SSSR count). The molecule has 0 radical (unpaired) electrons. The maximum absolute atomic E-state index is 13.0. The van der Waals surface area contributed by atoms with Gasteiger partial charge in [0.05, 0.1) is 0 Å². The number of hydrogen-bond donors (Lipinski definition) is 1. The smallest absolute Gasteiger partial charge is 0.253 e. The quantitative estimate of drug-likeness (QED) is 0.904. The first-order chi connectivity index (χ1) is 12.0. The number of hydrogen-bond acceptors (Lipinski definition) is 3. The Morgan fingerprint density at radius 3 is 2.16 bits per heavy atom. The van der Waals surface area contributed by atoms with Crippen LogP contribution in [0.5, 0.6) is 0 Å². The zero-order valence-corrected chi connectivity index (χ0v) is 14.5. The number of primary amides is 1. The van der Waals surface area contributed by atoms with Gasteiger partial charge in [-0.3, -0.25) is 9.59 Å². The highest BCUT2D eigenvalue weighted by Gasteiger charge is 2.28. The topological polar surface area (TPSA) is 66.6 Å². The summed E-state index contributed by atoms with van der Waals surface area (Å²) >= 11 is 0. The molecule has 2 amide bonds. The third kappa shape index (κ3) is 4.57. The average Bonchev–Trinajstić information content (AvgIpc) is 2.63. The zero-order chi connectivity index (χ0) is 17.8. The van der Waals surface area contributed by atoms with E-state index in [1.807, 2.05) is 4.90 Å². The fourth-order valence-corrected chi connectivity index (χ4v) is 3.86. The first kappa shape index (κ1) is 17.9. The van der Waals surface area contributed by atoms with Crippen LogP contribution in [0, 0.1) is 17.7 Å². The van der Waals surface area contributed by atoms with E-state index in [0.29, 0.717) is 11.5 Å². The maximum Gasteiger partial charge on any atom is 0.253 e. The van der Waals surface area contributed by atoms with Crippen molar-refractivity contribution in [2.75, 3.05) is 32.7 Å². The summed E-state index contributed by atoms with van der Waals surface area (Å²) < 4.78 is 13.0. The van der Waals surface area contributed by atoms with Crippen LogP contribution in [-0.2, 0) is 4.79 Å². The summed E-state index contributed by atoms with van der Waals surface area (Å²) in [6.45, 7) is 4.39. The van der Waals surface area contributed by atoms with Gasteiger partial charge in [0.1, 0.15) is 5.82 Å². The van der Waals surface area contributed by atoms with Crippen molar-refractivity contribution < 1.29 is 14.0 Å². The monoisotopic (exact) mass is 347 g/mol. The van der Waals surface area contributed by atoms with E-state index in [1.54, 1.807) is 12.1 Å². The number of piperidine rings is 2. The largest absolute Gasteiger partial charge is 0.369 e. The SMILES string of the molecule is NC(=O)C1CCN(CC2CCN(C(=O)c3ccc(F)cc3)CC2)CC1. The van der Waals surface area contributed by atoms with Gasteiger partial charge in [-0.2, -0.15) is 0 Å². The fraction of sp³-hybridized carbons (Fsp3) is 0.579. The zero-order valence-electron chi connectivity index (χ0n) is 14.5. The van der Waals surface area contributed by atoms with Gasteiger partial charge in [-0.15, -0.1) is 0 Å². The lowest BCUT2D eigenvalue weighted by Crippen LogP contribution is -2.44. The molecule has 25 heavy (non-hydrogen) atoms. The van der Waals surface area contributed by atoms with Crippen molar-refractivity contribution >= 4 is 11.8 Å². The molecule has 0 saturated carbocycles. The first-order valence-electron chi connectivity index (χ1n) is 9.09. The molecule has 2 heterocycles. The van der Waals surface area contributed by atoms with Crippen LogP contribution in [0.2, 0.25) is 0 Å². The van der Waals surface area contributed by atoms with E-state index in [-0.39, 0.29) is 23.5 Å². The van der Waals surface area contributed by atoms with Crippen molar-refractivity contribution in [2.45, 2.75) is 25.7 Å². The molecule has 2 saturated heterocycles. The summed E-state index contributed by atoms with van der Waals surface area (Å²) in [6, 6.07) is 5.75. The number of nitrogens with zero attached hydrogens (tertiary/aromatic N) is 2. The standard InChI is InChI=1S/C19H26FN3O2/c20-17-3-1-16(2-4-17)19(25)23-11-5-14(6-12-23)13-22-9-7-15(8-10-22)18(21)24/h1-4,14-15H,5-13H2,(H2,21,24). The molecular weight excluding hydrogens is 321 g/mol. The van der Waals surface area contributed by atoms with Crippen LogP contribution >= 0.6 is 0 Å². The van der Waals surface area contributed by atoms with Crippen molar-refractivity contribution in [3.63, 3.8) is 0 Å². The summed E-state index contributed by atoms with van der Waals surface area (Å²) in [5.74, 6) is 0.108. The second-order valence-corrected chi connectivity index (χ2v) is 7.22. The fourth-order valence-electron chi connectivity index (χ4n) is 3.86. The van der Waals surface area contributed by atoms with Crippen LogP contribution in [0.3, 0.4) is 0 Å². The highest BCUT2D eigenvalue weighted by molar-refractivity contribution is 5.94. The summed E-state index contributed by atoms with van der Waals surface area (Å²) in [6.07, 6.45) is 3.69. The number of carbonyl (C=O) groups is 2. The van der Waals surface area contributed by atoms with E-state index in [2.05, 4.69) is 4.90 Å². The molecule has 0 spiro atoms. The number of benzene rings is 1. The van der Waals surface area contributed by atoms with Crippen LogP contribution in [0.25, 0.3) is 0 Å². The van der Waals surface area contributed by atoms with Gasteiger partial charge in [0.2, 0.25) is 5.91 Å². The number of carbonyl (C=O) groups excluding carboxylic acids is 2. The lowest BCUT2D eigenvalue weighted by atomic mass is 9.92. The van der Waals surface area contributed by atoms with Crippen molar-refractivity contribution in [3.05, 3.63) is 35.6 Å². The highest BCUT2D eigenvalue weighted by atomic mass is 19.1. The molecular formula is C19H26FN3O2. The molecule has 2 N–H and O–H groups in total. The number of amides is 2. The lowest BCUT2D eigenvalue weighted by molar-refractivity contribution is -0.123. The molecule has 0 bridgehead atoms. The molecule has 2 fully saturated rings. The minimum Gasteiger partial charge on any atom is -0.369 e. The van der Waals surface area contributed by atoms with Crippen LogP contribution in [0.15, 0.2) is 24.3 Å². The third-order valence-corrected chi connectivity index (χ3v) is 5.50. The Balaban J connectivity index is 1.44. The Labute approximate surface area is 148 Å². The van der Waals surface area contributed by atoms with E-state index in [9.17, 15) is 14.0 Å². The first-order valence-corrected chi connectivity index (χ1v) is 9.09. The van der Waals surface area contributed by atoms with Gasteiger partial charge in [-0.05, 0) is 69.0 Å². The molecule has 136 valence electrons. The van der Waals surface area contributed by atoms with Crippen molar-refractivity contribution in [2.24, 2.45) is 17.6 Å². The van der Waals surface area contributed by atoms with Crippen LogP contribution in [-0.4, -0.2) is 54.3 Å². The van der Waals surface area contributed by atoms with Gasteiger partial charge in [0.25, 0.3) is 5.91 Å². The molecule has 0 atom stereocenters. The Morgan fingerprint density at radius 2 is 1.60 bits per heavy atom. The second kappa shape index (κ2) is 7.95. The third-order valence-electron chi connectivity index (χ3n) is 5.50. The molecule has 2 aliphatic heterocycles. The molecule has 1 aromatic carbocycles. The lowest BCUT2D eigenvalue weighted by Gasteiger charge is -2.37. The summed E-state index contributed by atoms with van der Waals surface area (Å²) in [5, 5.41) is 0. The molecule has 0 aromatic heterocycles. The predicted octanol–water partition coefficient (Wildman–Crippen LogP) is 1.88. The normalized spacial score (nSPS) is 20.6.